The normalized spacial score (nSPS) is 15.1. The lowest BCUT2D eigenvalue weighted by Gasteiger charge is -2.29. The van der Waals surface area contributed by atoms with Gasteiger partial charge >= 0.3 is 0 Å². The van der Waals surface area contributed by atoms with E-state index in [1.807, 2.05) is 27.2 Å². The first-order valence-corrected chi connectivity index (χ1v) is 25.7. The van der Waals surface area contributed by atoms with Crippen molar-refractivity contribution in [2.45, 2.75) is 180 Å². The van der Waals surface area contributed by atoms with Crippen LogP contribution in [0.25, 0.3) is 0 Å². The van der Waals surface area contributed by atoms with Gasteiger partial charge in [-0.3, -0.25) is 9.36 Å². The minimum absolute atomic E-state index is 0.0209. The number of quaternary nitrogens is 1. The number of nitrogens with zero attached hydrogens (tertiary/aromatic N) is 1. The quantitative estimate of drug-likeness (QED) is 0.0274. The standard InChI is InChI=1S/C53H91N2O6P/c1-6-8-10-12-14-16-18-20-22-24-25-26-27-28-29-31-33-35-37-39-41-43-45-47-53(57)54-51(50-61-62(58,59)60-49-48-55(3,4)5)52(56)46-44-42-40-38-36-34-32-30-23-21-19-17-15-13-11-9-7-2/h8,10,14,16,20,22-23,25-26,28-30,33,35-36,38,44,46,51-52,56H,6-7,9,11-13,15,17-19,21,24,27,31-32,34,37,39-43,45,47-50H2,1-5H3,(H-,54,57,58,59)/b10-8-,16-14-,22-20-,26-25-,29-28-,30-23+,35-33-,38-36+,46-44+. The van der Waals surface area contributed by atoms with Gasteiger partial charge in [0.25, 0.3) is 7.82 Å². The number of unbranched alkanes of at least 4 members (excludes halogenated alkanes) is 13. The third-order valence-corrected chi connectivity index (χ3v) is 10.9. The number of allylic oxidation sites excluding steroid dienone is 17. The summed E-state index contributed by atoms with van der Waals surface area (Å²) in [6.45, 7) is 4.45. The summed E-state index contributed by atoms with van der Waals surface area (Å²) in [4.78, 5) is 25.4. The van der Waals surface area contributed by atoms with Gasteiger partial charge in [0.1, 0.15) is 13.2 Å². The largest absolute Gasteiger partial charge is 0.756 e. The van der Waals surface area contributed by atoms with E-state index >= 15 is 0 Å². The molecule has 0 aliphatic rings. The average molecular weight is 883 g/mol. The topological polar surface area (TPSA) is 108 Å². The van der Waals surface area contributed by atoms with Gasteiger partial charge in [0, 0.05) is 6.42 Å². The highest BCUT2D eigenvalue weighted by Gasteiger charge is 2.23. The van der Waals surface area contributed by atoms with E-state index in [0.717, 1.165) is 89.9 Å². The highest BCUT2D eigenvalue weighted by atomic mass is 31.2. The number of aliphatic hydroxyl groups excluding tert-OH is 1. The van der Waals surface area contributed by atoms with Gasteiger partial charge in [-0.05, 0) is 96.3 Å². The summed E-state index contributed by atoms with van der Waals surface area (Å²) in [5.41, 5.74) is 0. The number of likely N-dealkylation sites (N-methyl/N-ethyl adjacent to an activating group) is 1. The van der Waals surface area contributed by atoms with Gasteiger partial charge in [0.15, 0.2) is 0 Å². The lowest BCUT2D eigenvalue weighted by Crippen LogP contribution is -2.45. The van der Waals surface area contributed by atoms with Crippen LogP contribution < -0.4 is 10.2 Å². The minimum atomic E-state index is -4.62. The van der Waals surface area contributed by atoms with Gasteiger partial charge in [-0.15, -0.1) is 0 Å². The second kappa shape index (κ2) is 43.4. The smallest absolute Gasteiger partial charge is 0.268 e. The molecular formula is C53H91N2O6P. The molecule has 1 amide bonds. The fraction of sp³-hybridized carbons (Fsp3) is 0.642. The Morgan fingerprint density at radius 2 is 1.00 bits per heavy atom. The number of carbonyl (C=O) groups is 1. The molecule has 0 radical (unpaired) electrons. The second-order valence-electron chi connectivity index (χ2n) is 17.1. The molecule has 8 nitrogen and oxygen atoms in total. The fourth-order valence-electron chi connectivity index (χ4n) is 6.13. The molecule has 0 aliphatic heterocycles. The van der Waals surface area contributed by atoms with E-state index in [1.54, 1.807) is 6.08 Å². The van der Waals surface area contributed by atoms with Crippen LogP contribution in [0.4, 0.5) is 0 Å². The van der Waals surface area contributed by atoms with Gasteiger partial charge in [-0.25, -0.2) is 0 Å². The number of phosphoric acid groups is 1. The Hall–Kier alpha value is -2.84. The number of aliphatic hydroxyl groups is 1. The number of hydrogen-bond donors (Lipinski definition) is 2. The van der Waals surface area contributed by atoms with E-state index < -0.39 is 26.6 Å². The van der Waals surface area contributed by atoms with Crippen molar-refractivity contribution in [3.8, 4) is 0 Å². The molecule has 0 spiro atoms. The number of nitrogens with one attached hydrogen (secondary N) is 1. The lowest BCUT2D eigenvalue weighted by molar-refractivity contribution is -0.870. The number of carbonyl (C=O) groups excluding carboxylic acids is 1. The van der Waals surface area contributed by atoms with E-state index in [2.05, 4.69) is 116 Å². The molecule has 3 unspecified atom stereocenters. The second-order valence-corrected chi connectivity index (χ2v) is 18.5. The summed E-state index contributed by atoms with van der Waals surface area (Å²) < 4.78 is 23.2. The summed E-state index contributed by atoms with van der Waals surface area (Å²) >= 11 is 0. The molecular weight excluding hydrogens is 792 g/mol. The van der Waals surface area contributed by atoms with E-state index in [0.29, 0.717) is 23.9 Å². The van der Waals surface area contributed by atoms with Crippen molar-refractivity contribution in [2.75, 3.05) is 40.9 Å². The van der Waals surface area contributed by atoms with Gasteiger partial charge in [-0.1, -0.05) is 175 Å². The van der Waals surface area contributed by atoms with Crippen LogP contribution in [0.1, 0.15) is 168 Å². The van der Waals surface area contributed by atoms with Crippen molar-refractivity contribution in [3.05, 3.63) is 109 Å². The zero-order valence-electron chi connectivity index (χ0n) is 40.0. The Morgan fingerprint density at radius 1 is 0.581 bits per heavy atom. The third-order valence-electron chi connectivity index (χ3n) is 9.94. The summed E-state index contributed by atoms with van der Waals surface area (Å²) in [5, 5.41) is 13.8. The molecule has 0 saturated heterocycles. The molecule has 354 valence electrons. The summed E-state index contributed by atoms with van der Waals surface area (Å²) in [7, 11) is 1.20. The molecule has 3 atom stereocenters. The first-order chi connectivity index (χ1) is 30.0. The first kappa shape index (κ1) is 59.2. The number of hydrogen-bond acceptors (Lipinski definition) is 6. The summed E-state index contributed by atoms with van der Waals surface area (Å²) in [6.07, 6.45) is 62.8. The van der Waals surface area contributed by atoms with Gasteiger partial charge in [0.05, 0.1) is 39.9 Å². The zero-order chi connectivity index (χ0) is 45.7. The van der Waals surface area contributed by atoms with Crippen LogP contribution in [0.5, 0.6) is 0 Å². The molecule has 62 heavy (non-hydrogen) atoms. The maximum Gasteiger partial charge on any atom is 0.268 e. The van der Waals surface area contributed by atoms with Crippen LogP contribution in [-0.2, 0) is 18.4 Å². The van der Waals surface area contributed by atoms with Crippen LogP contribution in [0.2, 0.25) is 0 Å². The van der Waals surface area contributed by atoms with Crippen LogP contribution in [0.15, 0.2) is 109 Å². The third kappa shape index (κ3) is 45.2. The van der Waals surface area contributed by atoms with Crippen LogP contribution in [0, 0.1) is 0 Å². The van der Waals surface area contributed by atoms with Crippen LogP contribution >= 0.6 is 7.82 Å². The Morgan fingerprint density at radius 3 is 1.50 bits per heavy atom. The SMILES string of the molecule is CC/C=C\C/C=C\C/C=C\C/C=C\C/C=C\C/C=C\CCCCCCC(=O)NC(COP(=O)([O-])OCC[N+](C)(C)C)C(O)/C=C/CC/C=C/CC/C=C/CCCCCCCCC. The molecule has 0 bridgehead atoms. The predicted molar refractivity (Wildman–Crippen MR) is 265 cm³/mol. The lowest BCUT2D eigenvalue weighted by atomic mass is 10.1. The predicted octanol–water partition coefficient (Wildman–Crippen LogP) is 13.4. The first-order valence-electron chi connectivity index (χ1n) is 24.2. The molecule has 0 rings (SSSR count). The van der Waals surface area contributed by atoms with Crippen molar-refractivity contribution >= 4 is 13.7 Å². The van der Waals surface area contributed by atoms with Crippen LogP contribution in [0.3, 0.4) is 0 Å². The molecule has 9 heteroatoms. The Bertz CT molecular complexity index is 1370. The van der Waals surface area contributed by atoms with Crippen molar-refractivity contribution < 1.29 is 32.9 Å². The van der Waals surface area contributed by atoms with E-state index in [9.17, 15) is 19.4 Å². The average Bonchev–Trinajstić information content (AvgIpc) is 3.23. The highest BCUT2D eigenvalue weighted by Crippen LogP contribution is 2.38. The molecule has 0 heterocycles. The number of phosphoric ester groups is 1. The highest BCUT2D eigenvalue weighted by molar-refractivity contribution is 7.45. The molecule has 2 N–H and O–H groups in total. The molecule has 0 saturated carbocycles. The molecule has 0 aromatic heterocycles. The number of amides is 1. The van der Waals surface area contributed by atoms with Crippen molar-refractivity contribution in [3.63, 3.8) is 0 Å². The molecule has 0 fully saturated rings. The van der Waals surface area contributed by atoms with Crippen LogP contribution in [-0.4, -0.2) is 68.5 Å². The minimum Gasteiger partial charge on any atom is -0.756 e. The van der Waals surface area contributed by atoms with E-state index in [1.165, 1.54) is 51.4 Å². The van der Waals surface area contributed by atoms with Gasteiger partial charge in [0.2, 0.25) is 5.91 Å². The maximum atomic E-state index is 12.9. The Kier molecular flexibility index (Phi) is 41.4. The summed E-state index contributed by atoms with van der Waals surface area (Å²) in [6, 6.07) is -0.931. The van der Waals surface area contributed by atoms with Crippen molar-refractivity contribution in [1.29, 1.82) is 0 Å². The molecule has 0 aliphatic carbocycles. The fourth-order valence-corrected chi connectivity index (χ4v) is 6.85. The maximum absolute atomic E-state index is 12.9. The summed E-state index contributed by atoms with van der Waals surface area (Å²) in [5.74, 6) is -0.242. The number of rotatable bonds is 42. The van der Waals surface area contributed by atoms with E-state index in [-0.39, 0.29) is 12.5 Å². The Labute approximate surface area is 381 Å². The van der Waals surface area contributed by atoms with Gasteiger partial charge in [-0.2, -0.15) is 0 Å². The van der Waals surface area contributed by atoms with E-state index in [4.69, 9.17) is 9.05 Å². The molecule has 0 aromatic rings. The van der Waals surface area contributed by atoms with Crippen molar-refractivity contribution in [1.82, 2.24) is 5.32 Å². The molecule has 0 aromatic carbocycles. The van der Waals surface area contributed by atoms with Crippen molar-refractivity contribution in [2.24, 2.45) is 0 Å². The van der Waals surface area contributed by atoms with Gasteiger partial charge < -0.3 is 28.8 Å². The Balaban J connectivity index is 4.51. The monoisotopic (exact) mass is 883 g/mol. The zero-order valence-corrected chi connectivity index (χ0v) is 40.9.